The highest BCUT2D eigenvalue weighted by Gasteiger charge is 2.10. The topological polar surface area (TPSA) is 42.7 Å². The van der Waals surface area contributed by atoms with Gasteiger partial charge in [-0.3, -0.25) is 4.98 Å². The van der Waals surface area contributed by atoms with Crippen molar-refractivity contribution in [3.63, 3.8) is 0 Å². The van der Waals surface area contributed by atoms with Gasteiger partial charge < -0.3 is 5.32 Å². The van der Waals surface area contributed by atoms with Gasteiger partial charge in [0.2, 0.25) is 0 Å². The molecule has 3 aromatic rings. The fraction of sp³-hybridized carbons (Fsp3) is 0.455. The molecule has 4 nitrogen and oxygen atoms in total. The van der Waals surface area contributed by atoms with Crippen molar-refractivity contribution < 1.29 is 0 Å². The molecular weight excluding hydrogens is 452 g/mol. The summed E-state index contributed by atoms with van der Waals surface area (Å²) in [6.45, 7) is 19.9. The summed E-state index contributed by atoms with van der Waals surface area (Å²) in [4.78, 5) is 4.16. The van der Waals surface area contributed by atoms with Crippen LogP contribution in [0.3, 0.4) is 0 Å². The minimum absolute atomic E-state index is 0.492. The molecule has 0 atom stereocenters. The van der Waals surface area contributed by atoms with E-state index in [2.05, 4.69) is 93.0 Å². The zero-order valence-corrected chi connectivity index (χ0v) is 24.4. The summed E-state index contributed by atoms with van der Waals surface area (Å²) in [6, 6.07) is 14.6. The van der Waals surface area contributed by atoms with E-state index >= 15 is 0 Å². The Hall–Kier alpha value is -3.14. The summed E-state index contributed by atoms with van der Waals surface area (Å²) >= 11 is 0. The zero-order chi connectivity index (χ0) is 27.5. The van der Waals surface area contributed by atoms with Gasteiger partial charge in [0, 0.05) is 36.0 Å². The van der Waals surface area contributed by atoms with Crippen molar-refractivity contribution in [2.24, 2.45) is 0 Å². The lowest BCUT2D eigenvalue weighted by atomic mass is 10.1. The molecule has 3 rings (SSSR count). The second-order valence-electron chi connectivity index (χ2n) is 9.35. The van der Waals surface area contributed by atoms with E-state index in [0.717, 1.165) is 37.2 Å². The van der Waals surface area contributed by atoms with Gasteiger partial charge in [0.25, 0.3) is 0 Å². The third-order valence-corrected chi connectivity index (χ3v) is 6.11. The lowest BCUT2D eigenvalue weighted by Gasteiger charge is -2.10. The Bertz CT molecular complexity index is 1020. The predicted molar refractivity (Wildman–Crippen MR) is 162 cm³/mol. The number of aromatic nitrogens is 3. The second-order valence-corrected chi connectivity index (χ2v) is 9.35. The second kappa shape index (κ2) is 19.0. The molecule has 0 saturated carbocycles. The van der Waals surface area contributed by atoms with E-state index in [4.69, 9.17) is 0 Å². The van der Waals surface area contributed by atoms with Crippen molar-refractivity contribution in [2.75, 3.05) is 6.54 Å². The first kappa shape index (κ1) is 31.9. The third kappa shape index (κ3) is 12.6. The van der Waals surface area contributed by atoms with Crippen LogP contribution in [-0.4, -0.2) is 21.3 Å². The normalized spacial score (nSPS) is 10.8. The standard InChI is InChI=1S/C23H34N4.C8H10.C2H6/c1-18(2)23-17-26-27(21(23)5)20(4)15-19(3)25-14-9-7-6-8-11-22-12-10-13-24-16-22;1-2-8-6-4-3-5-7-8;1-2/h10,12-13,15-18,25H,3,6-9,11,14H2,1-2,4-5H3;3-7H,2H2,1H3;1-2H3/b20-15-;;. The number of aryl methyl sites for hydroxylation is 2. The SMILES string of the molecule is C=C(/C=C(/C)n1ncc(C(C)C)c1C)NCCCCCCc1cccnc1.CC.CCc1ccccc1. The molecule has 0 fully saturated rings. The van der Waals surface area contributed by atoms with Gasteiger partial charge in [-0.25, -0.2) is 4.68 Å². The molecule has 202 valence electrons. The third-order valence-electron chi connectivity index (χ3n) is 6.11. The van der Waals surface area contributed by atoms with Crippen LogP contribution in [0.1, 0.15) is 95.5 Å². The molecule has 1 aromatic carbocycles. The first-order valence-corrected chi connectivity index (χ1v) is 14.0. The first-order valence-electron chi connectivity index (χ1n) is 14.0. The van der Waals surface area contributed by atoms with Crippen molar-refractivity contribution in [1.82, 2.24) is 20.1 Å². The lowest BCUT2D eigenvalue weighted by molar-refractivity contribution is 0.620. The molecule has 0 unspecified atom stereocenters. The zero-order valence-electron chi connectivity index (χ0n) is 24.4. The van der Waals surface area contributed by atoms with Crippen molar-refractivity contribution in [2.45, 2.75) is 92.9 Å². The number of hydrogen-bond donors (Lipinski definition) is 1. The van der Waals surface area contributed by atoms with Crippen LogP contribution >= 0.6 is 0 Å². The Morgan fingerprint density at radius 3 is 2.22 bits per heavy atom. The van der Waals surface area contributed by atoms with Gasteiger partial charge >= 0.3 is 0 Å². The van der Waals surface area contributed by atoms with Crippen molar-refractivity contribution >= 4 is 5.70 Å². The Morgan fingerprint density at radius 2 is 1.65 bits per heavy atom. The van der Waals surface area contributed by atoms with E-state index in [1.54, 1.807) is 0 Å². The predicted octanol–water partition coefficient (Wildman–Crippen LogP) is 8.75. The summed E-state index contributed by atoms with van der Waals surface area (Å²) in [6.07, 6.45) is 15.0. The number of hydrogen-bond acceptors (Lipinski definition) is 3. The molecule has 0 amide bonds. The lowest BCUT2D eigenvalue weighted by Crippen LogP contribution is -2.13. The molecule has 0 spiro atoms. The molecule has 2 heterocycles. The van der Waals surface area contributed by atoms with Gasteiger partial charge in [0.15, 0.2) is 0 Å². The monoisotopic (exact) mass is 502 g/mol. The molecular formula is C33H50N4. The Kier molecular flexibility index (Phi) is 16.4. The van der Waals surface area contributed by atoms with Crippen LogP contribution in [0.25, 0.3) is 5.70 Å². The summed E-state index contributed by atoms with van der Waals surface area (Å²) in [5, 5.41) is 7.94. The van der Waals surface area contributed by atoms with Gasteiger partial charge in [-0.05, 0) is 74.3 Å². The molecule has 0 aliphatic rings. The number of unbranched alkanes of at least 4 members (excludes halogenated alkanes) is 3. The van der Waals surface area contributed by atoms with E-state index in [9.17, 15) is 0 Å². The van der Waals surface area contributed by atoms with Crippen molar-refractivity contribution in [3.05, 3.63) is 102 Å². The van der Waals surface area contributed by atoms with Crippen LogP contribution in [0.5, 0.6) is 0 Å². The van der Waals surface area contributed by atoms with E-state index in [0.29, 0.717) is 5.92 Å². The number of nitrogens with zero attached hydrogens (tertiary/aromatic N) is 3. The molecule has 0 radical (unpaired) electrons. The van der Waals surface area contributed by atoms with Gasteiger partial charge in [0.1, 0.15) is 0 Å². The van der Waals surface area contributed by atoms with Crippen LogP contribution in [0.2, 0.25) is 0 Å². The quantitative estimate of drug-likeness (QED) is 0.199. The van der Waals surface area contributed by atoms with E-state index in [1.165, 1.54) is 41.6 Å². The smallest absolute Gasteiger partial charge is 0.0531 e. The van der Waals surface area contributed by atoms with E-state index in [1.807, 2.05) is 49.3 Å². The first-order chi connectivity index (χ1) is 17.9. The number of nitrogens with one attached hydrogen (secondary N) is 1. The minimum atomic E-state index is 0.492. The maximum absolute atomic E-state index is 4.52. The van der Waals surface area contributed by atoms with Crippen molar-refractivity contribution in [1.29, 1.82) is 0 Å². The highest BCUT2D eigenvalue weighted by molar-refractivity contribution is 5.48. The van der Waals surface area contributed by atoms with Gasteiger partial charge in [-0.15, -0.1) is 0 Å². The largest absolute Gasteiger partial charge is 0.385 e. The van der Waals surface area contributed by atoms with Crippen LogP contribution < -0.4 is 5.32 Å². The molecule has 0 aliphatic heterocycles. The molecule has 2 aromatic heterocycles. The molecule has 0 saturated heterocycles. The van der Waals surface area contributed by atoms with Gasteiger partial charge in [0.05, 0.1) is 6.20 Å². The van der Waals surface area contributed by atoms with Gasteiger partial charge in [-0.2, -0.15) is 5.10 Å². The molecule has 37 heavy (non-hydrogen) atoms. The summed E-state index contributed by atoms with van der Waals surface area (Å²) in [5.74, 6) is 0.492. The molecule has 0 aliphatic carbocycles. The van der Waals surface area contributed by atoms with E-state index < -0.39 is 0 Å². The number of benzene rings is 1. The Labute approximate surface area is 226 Å². The van der Waals surface area contributed by atoms with E-state index in [-0.39, 0.29) is 0 Å². The number of rotatable bonds is 12. The average Bonchev–Trinajstić information content (AvgIpc) is 3.32. The van der Waals surface area contributed by atoms with Gasteiger partial charge in [-0.1, -0.05) is 90.4 Å². The summed E-state index contributed by atoms with van der Waals surface area (Å²) in [7, 11) is 0. The summed E-state index contributed by atoms with van der Waals surface area (Å²) in [5.41, 5.74) is 7.29. The highest BCUT2D eigenvalue weighted by Crippen LogP contribution is 2.20. The Morgan fingerprint density at radius 1 is 0.973 bits per heavy atom. The number of pyridine rings is 1. The average molecular weight is 503 g/mol. The molecule has 4 heteroatoms. The van der Waals surface area contributed by atoms with Crippen LogP contribution in [0, 0.1) is 6.92 Å². The number of allylic oxidation sites excluding steroid dienone is 2. The fourth-order valence-electron chi connectivity index (χ4n) is 4.03. The molecule has 1 N–H and O–H groups in total. The summed E-state index contributed by atoms with van der Waals surface area (Å²) < 4.78 is 2.00. The van der Waals surface area contributed by atoms with Crippen LogP contribution in [0.15, 0.2) is 79.4 Å². The van der Waals surface area contributed by atoms with Crippen LogP contribution in [0.4, 0.5) is 0 Å². The van der Waals surface area contributed by atoms with Crippen LogP contribution in [-0.2, 0) is 12.8 Å². The highest BCUT2D eigenvalue weighted by atomic mass is 15.3. The minimum Gasteiger partial charge on any atom is -0.385 e. The molecule has 0 bridgehead atoms. The van der Waals surface area contributed by atoms with Crippen molar-refractivity contribution in [3.8, 4) is 0 Å². The maximum Gasteiger partial charge on any atom is 0.0531 e. The fourth-order valence-corrected chi connectivity index (χ4v) is 4.03. The Balaban J connectivity index is 0.000000574. The maximum atomic E-state index is 4.52.